The normalized spacial score (nSPS) is 13.2. The predicted molar refractivity (Wildman–Crippen MR) is 81.3 cm³/mol. The summed E-state index contributed by atoms with van der Waals surface area (Å²) >= 11 is 1.50. The molecule has 1 heterocycles. The molecule has 0 amide bonds. The molecular formula is C13H24N2O2S2. The van der Waals surface area contributed by atoms with Gasteiger partial charge in [0.15, 0.2) is 9.84 Å². The fourth-order valence-corrected chi connectivity index (χ4v) is 3.97. The maximum absolute atomic E-state index is 11.4. The Morgan fingerprint density at radius 2 is 1.89 bits per heavy atom. The SMILES string of the molecule is CC(C)c1nc(CS(C)(=O)=O)sc1CNC(C)(C)C. The van der Waals surface area contributed by atoms with Gasteiger partial charge in [-0.15, -0.1) is 11.3 Å². The van der Waals surface area contributed by atoms with Crippen molar-refractivity contribution in [1.29, 1.82) is 0 Å². The Morgan fingerprint density at radius 3 is 2.32 bits per heavy atom. The Morgan fingerprint density at radius 1 is 1.32 bits per heavy atom. The molecule has 0 atom stereocenters. The number of nitrogens with zero attached hydrogens (tertiary/aromatic N) is 1. The molecule has 0 saturated carbocycles. The van der Waals surface area contributed by atoms with Gasteiger partial charge in [0.2, 0.25) is 0 Å². The van der Waals surface area contributed by atoms with Gasteiger partial charge in [-0.25, -0.2) is 13.4 Å². The molecule has 1 rings (SSSR count). The third-order valence-corrected chi connectivity index (χ3v) is 4.54. The topological polar surface area (TPSA) is 59.1 Å². The van der Waals surface area contributed by atoms with E-state index in [9.17, 15) is 8.42 Å². The van der Waals surface area contributed by atoms with Gasteiger partial charge in [0.05, 0.1) is 5.69 Å². The van der Waals surface area contributed by atoms with Crippen molar-refractivity contribution in [1.82, 2.24) is 10.3 Å². The highest BCUT2D eigenvalue weighted by molar-refractivity contribution is 7.90. The summed E-state index contributed by atoms with van der Waals surface area (Å²) in [4.78, 5) is 5.64. The van der Waals surface area contributed by atoms with E-state index in [1.807, 2.05) is 0 Å². The largest absolute Gasteiger partial charge is 0.307 e. The molecule has 0 aliphatic rings. The summed E-state index contributed by atoms with van der Waals surface area (Å²) in [6.07, 6.45) is 1.25. The molecular weight excluding hydrogens is 280 g/mol. The van der Waals surface area contributed by atoms with E-state index >= 15 is 0 Å². The van der Waals surface area contributed by atoms with Crippen molar-refractivity contribution in [2.24, 2.45) is 0 Å². The number of nitrogens with one attached hydrogen (secondary N) is 1. The highest BCUT2D eigenvalue weighted by Gasteiger charge is 2.18. The lowest BCUT2D eigenvalue weighted by atomic mass is 10.1. The lowest BCUT2D eigenvalue weighted by Crippen LogP contribution is -2.35. The predicted octanol–water partition coefficient (Wildman–Crippen LogP) is 2.70. The van der Waals surface area contributed by atoms with E-state index in [2.05, 4.69) is 44.9 Å². The molecule has 0 aromatic carbocycles. The molecule has 4 nitrogen and oxygen atoms in total. The molecule has 0 spiro atoms. The van der Waals surface area contributed by atoms with Crippen LogP contribution < -0.4 is 5.32 Å². The summed E-state index contributed by atoms with van der Waals surface area (Å²) in [5, 5.41) is 4.12. The van der Waals surface area contributed by atoms with E-state index < -0.39 is 9.84 Å². The summed E-state index contributed by atoms with van der Waals surface area (Å²) < 4.78 is 22.7. The zero-order valence-corrected chi connectivity index (χ0v) is 14.2. The molecule has 1 aromatic rings. The van der Waals surface area contributed by atoms with E-state index in [-0.39, 0.29) is 11.3 Å². The van der Waals surface area contributed by atoms with Crippen molar-refractivity contribution in [3.8, 4) is 0 Å². The summed E-state index contributed by atoms with van der Waals surface area (Å²) in [7, 11) is -3.02. The van der Waals surface area contributed by atoms with Crippen LogP contribution >= 0.6 is 11.3 Å². The zero-order chi connectivity index (χ0) is 14.8. The van der Waals surface area contributed by atoms with Crippen LogP contribution in [-0.4, -0.2) is 25.2 Å². The third kappa shape index (κ3) is 6.01. The van der Waals surface area contributed by atoms with Crippen molar-refractivity contribution >= 4 is 21.2 Å². The summed E-state index contributed by atoms with van der Waals surface area (Å²) in [6.45, 7) is 11.2. The second-order valence-electron chi connectivity index (χ2n) is 6.24. The molecule has 0 aliphatic heterocycles. The average molecular weight is 304 g/mol. The van der Waals surface area contributed by atoms with Crippen LogP contribution in [0.1, 0.15) is 56.1 Å². The van der Waals surface area contributed by atoms with Crippen molar-refractivity contribution in [3.05, 3.63) is 15.6 Å². The van der Waals surface area contributed by atoms with Gasteiger partial charge in [-0.05, 0) is 26.7 Å². The smallest absolute Gasteiger partial charge is 0.153 e. The van der Waals surface area contributed by atoms with E-state index in [0.29, 0.717) is 10.9 Å². The summed E-state index contributed by atoms with van der Waals surface area (Å²) in [5.41, 5.74) is 1.05. The van der Waals surface area contributed by atoms with Crippen LogP contribution in [0.3, 0.4) is 0 Å². The Kier molecular flexibility index (Phi) is 5.15. The van der Waals surface area contributed by atoms with Crippen LogP contribution in [0, 0.1) is 0 Å². The molecule has 1 N–H and O–H groups in total. The lowest BCUT2D eigenvalue weighted by Gasteiger charge is -2.20. The number of thiazole rings is 1. The van der Waals surface area contributed by atoms with Crippen molar-refractivity contribution < 1.29 is 8.42 Å². The summed E-state index contributed by atoms with van der Waals surface area (Å²) in [6, 6.07) is 0. The van der Waals surface area contributed by atoms with E-state index in [4.69, 9.17) is 0 Å². The molecule has 0 fully saturated rings. The summed E-state index contributed by atoms with van der Waals surface area (Å²) in [5.74, 6) is 0.341. The highest BCUT2D eigenvalue weighted by Crippen LogP contribution is 2.26. The molecule has 0 bridgehead atoms. The average Bonchev–Trinajstić information content (AvgIpc) is 2.54. The van der Waals surface area contributed by atoms with Crippen LogP contribution in [0.2, 0.25) is 0 Å². The third-order valence-electron chi connectivity index (χ3n) is 2.48. The van der Waals surface area contributed by atoms with E-state index in [1.165, 1.54) is 17.6 Å². The molecule has 0 aliphatic carbocycles. The second kappa shape index (κ2) is 5.89. The Hall–Kier alpha value is -0.460. The number of rotatable bonds is 5. The minimum absolute atomic E-state index is 0.0346. The number of aromatic nitrogens is 1. The molecule has 1 aromatic heterocycles. The fraction of sp³-hybridized carbons (Fsp3) is 0.769. The van der Waals surface area contributed by atoms with Crippen molar-refractivity contribution in [2.45, 2.75) is 58.4 Å². The van der Waals surface area contributed by atoms with Crippen LogP contribution in [0.25, 0.3) is 0 Å². The molecule has 0 radical (unpaired) electrons. The van der Waals surface area contributed by atoms with Gasteiger partial charge in [0.1, 0.15) is 10.8 Å². The first-order valence-electron chi connectivity index (χ1n) is 6.39. The Balaban J connectivity index is 2.96. The van der Waals surface area contributed by atoms with Crippen LogP contribution in [0.4, 0.5) is 0 Å². The minimum atomic E-state index is -3.02. The van der Waals surface area contributed by atoms with Gasteiger partial charge in [-0.1, -0.05) is 13.8 Å². The minimum Gasteiger partial charge on any atom is -0.307 e. The lowest BCUT2D eigenvalue weighted by molar-refractivity contribution is 0.425. The zero-order valence-electron chi connectivity index (χ0n) is 12.6. The molecule has 19 heavy (non-hydrogen) atoms. The van der Waals surface area contributed by atoms with Crippen LogP contribution in [-0.2, 0) is 22.1 Å². The fourth-order valence-electron chi connectivity index (χ4n) is 1.62. The quantitative estimate of drug-likeness (QED) is 0.908. The van der Waals surface area contributed by atoms with E-state index in [0.717, 1.165) is 17.1 Å². The first-order valence-corrected chi connectivity index (χ1v) is 9.27. The molecule has 0 unspecified atom stereocenters. The van der Waals surface area contributed by atoms with Crippen LogP contribution in [0.15, 0.2) is 0 Å². The molecule has 6 heteroatoms. The highest BCUT2D eigenvalue weighted by atomic mass is 32.2. The second-order valence-corrected chi connectivity index (χ2v) is 9.55. The van der Waals surface area contributed by atoms with Gasteiger partial charge < -0.3 is 5.32 Å². The number of hydrogen-bond acceptors (Lipinski definition) is 5. The van der Waals surface area contributed by atoms with E-state index in [1.54, 1.807) is 0 Å². The monoisotopic (exact) mass is 304 g/mol. The van der Waals surface area contributed by atoms with Gasteiger partial charge in [0, 0.05) is 23.2 Å². The van der Waals surface area contributed by atoms with Gasteiger partial charge in [-0.2, -0.15) is 0 Å². The standard InChI is InChI=1S/C13H24N2O2S2/c1-9(2)12-10(7-14-13(3,4)5)18-11(15-12)8-19(6,16)17/h9,14H,7-8H2,1-6H3. The first kappa shape index (κ1) is 16.6. The number of sulfone groups is 1. The van der Waals surface area contributed by atoms with Crippen molar-refractivity contribution in [3.63, 3.8) is 0 Å². The Bertz CT molecular complexity index is 525. The maximum atomic E-state index is 11.4. The van der Waals surface area contributed by atoms with Crippen molar-refractivity contribution in [2.75, 3.05) is 6.26 Å². The van der Waals surface area contributed by atoms with Gasteiger partial charge in [-0.3, -0.25) is 0 Å². The maximum Gasteiger partial charge on any atom is 0.153 e. The molecule has 0 saturated heterocycles. The first-order chi connectivity index (χ1) is 8.48. The molecule has 110 valence electrons. The Labute approximate surface area is 120 Å². The number of hydrogen-bond donors (Lipinski definition) is 1. The van der Waals surface area contributed by atoms with Gasteiger partial charge in [0.25, 0.3) is 0 Å². The van der Waals surface area contributed by atoms with Crippen LogP contribution in [0.5, 0.6) is 0 Å². The van der Waals surface area contributed by atoms with Gasteiger partial charge >= 0.3 is 0 Å².